The van der Waals surface area contributed by atoms with Crippen LogP contribution in [-0.4, -0.2) is 34.6 Å². The van der Waals surface area contributed by atoms with Crippen molar-refractivity contribution in [2.75, 3.05) is 7.05 Å². The number of rotatable bonds is 6. The second kappa shape index (κ2) is 6.56. The van der Waals surface area contributed by atoms with Crippen molar-refractivity contribution in [3.63, 3.8) is 0 Å². The molecule has 0 saturated carbocycles. The number of thiophene rings is 1. The molecule has 0 aliphatic rings. The zero-order chi connectivity index (χ0) is 14.5. The Morgan fingerprint density at radius 3 is 2.68 bits per heavy atom. The lowest BCUT2D eigenvalue weighted by Crippen LogP contribution is -2.48. The summed E-state index contributed by atoms with van der Waals surface area (Å²) >= 11 is 1.60. The van der Waals surface area contributed by atoms with Crippen LogP contribution in [0.1, 0.15) is 31.6 Å². The van der Waals surface area contributed by atoms with Crippen molar-refractivity contribution in [3.05, 3.63) is 22.4 Å². The van der Waals surface area contributed by atoms with E-state index in [1.807, 2.05) is 31.4 Å². The van der Waals surface area contributed by atoms with Gasteiger partial charge in [-0.15, -0.1) is 11.3 Å². The minimum atomic E-state index is -0.853. The predicted octanol–water partition coefficient (Wildman–Crippen LogP) is 2.53. The lowest BCUT2D eigenvalue weighted by Gasteiger charge is -2.28. The summed E-state index contributed by atoms with van der Waals surface area (Å²) in [5.41, 5.74) is -0.529. The first-order valence-electron chi connectivity index (χ1n) is 6.07. The van der Waals surface area contributed by atoms with Gasteiger partial charge in [-0.1, -0.05) is 6.07 Å². The average molecular weight is 284 g/mol. The van der Waals surface area contributed by atoms with Crippen LogP contribution < -0.4 is 5.32 Å². The quantitative estimate of drug-likeness (QED) is 0.843. The molecule has 0 radical (unpaired) electrons. The second-order valence-corrected chi connectivity index (χ2v) is 6.18. The van der Waals surface area contributed by atoms with Gasteiger partial charge in [0.05, 0.1) is 6.54 Å². The topological polar surface area (TPSA) is 69.6 Å². The Labute approximate surface area is 117 Å². The SMILES string of the molecule is CN(Cc1cccs1)C(=O)NC(C)(C)CCC(=O)O. The zero-order valence-corrected chi connectivity index (χ0v) is 12.3. The van der Waals surface area contributed by atoms with Gasteiger partial charge in [0.1, 0.15) is 0 Å². The fourth-order valence-corrected chi connectivity index (χ4v) is 2.33. The van der Waals surface area contributed by atoms with Crippen LogP contribution in [0.4, 0.5) is 4.79 Å². The number of nitrogens with one attached hydrogen (secondary N) is 1. The van der Waals surface area contributed by atoms with E-state index < -0.39 is 11.5 Å². The molecule has 5 nitrogen and oxygen atoms in total. The van der Waals surface area contributed by atoms with E-state index in [0.29, 0.717) is 13.0 Å². The van der Waals surface area contributed by atoms with Crippen LogP contribution in [0.3, 0.4) is 0 Å². The Kier molecular flexibility index (Phi) is 5.35. The Bertz CT molecular complexity index is 429. The third kappa shape index (κ3) is 5.74. The second-order valence-electron chi connectivity index (χ2n) is 5.14. The molecule has 2 amide bonds. The van der Waals surface area contributed by atoms with Crippen molar-refractivity contribution in [2.24, 2.45) is 0 Å². The van der Waals surface area contributed by atoms with Crippen molar-refractivity contribution >= 4 is 23.3 Å². The molecule has 0 unspecified atom stereocenters. The Morgan fingerprint density at radius 2 is 2.16 bits per heavy atom. The molecule has 2 N–H and O–H groups in total. The number of carbonyl (C=O) groups excluding carboxylic acids is 1. The molecule has 0 spiro atoms. The van der Waals surface area contributed by atoms with Crippen LogP contribution in [0, 0.1) is 0 Å². The third-order valence-electron chi connectivity index (χ3n) is 2.73. The number of carbonyl (C=O) groups is 2. The average Bonchev–Trinajstić information content (AvgIpc) is 2.78. The molecule has 1 rings (SSSR count). The molecule has 0 saturated heterocycles. The monoisotopic (exact) mass is 284 g/mol. The number of carboxylic acids is 1. The van der Waals surface area contributed by atoms with Crippen molar-refractivity contribution in [2.45, 2.75) is 38.8 Å². The first-order valence-corrected chi connectivity index (χ1v) is 6.95. The summed E-state index contributed by atoms with van der Waals surface area (Å²) in [5.74, 6) is -0.853. The van der Waals surface area contributed by atoms with E-state index in [1.165, 1.54) is 0 Å². The fraction of sp³-hybridized carbons (Fsp3) is 0.538. The highest BCUT2D eigenvalue weighted by atomic mass is 32.1. The number of urea groups is 1. The van der Waals surface area contributed by atoms with Crippen LogP contribution in [0.2, 0.25) is 0 Å². The summed E-state index contributed by atoms with van der Waals surface area (Å²) in [7, 11) is 1.72. The smallest absolute Gasteiger partial charge is 0.317 e. The van der Waals surface area contributed by atoms with Crippen molar-refractivity contribution in [1.29, 1.82) is 0 Å². The van der Waals surface area contributed by atoms with Gasteiger partial charge < -0.3 is 15.3 Å². The lowest BCUT2D eigenvalue weighted by atomic mass is 9.99. The summed E-state index contributed by atoms with van der Waals surface area (Å²) in [4.78, 5) is 25.3. The number of hydrogen-bond donors (Lipinski definition) is 2. The molecule has 0 aliphatic carbocycles. The highest BCUT2D eigenvalue weighted by Crippen LogP contribution is 2.14. The molecule has 1 heterocycles. The van der Waals surface area contributed by atoms with Gasteiger partial charge in [0.15, 0.2) is 0 Å². The minimum absolute atomic E-state index is 0.0436. The standard InChI is InChI=1S/C13H20N2O3S/c1-13(2,7-6-11(16)17)14-12(18)15(3)9-10-5-4-8-19-10/h4-5,8H,6-7,9H2,1-3H3,(H,14,18)(H,16,17). The van der Waals surface area contributed by atoms with Gasteiger partial charge in [-0.2, -0.15) is 0 Å². The highest BCUT2D eigenvalue weighted by Gasteiger charge is 2.23. The van der Waals surface area contributed by atoms with E-state index in [4.69, 9.17) is 5.11 Å². The maximum Gasteiger partial charge on any atom is 0.317 e. The van der Waals surface area contributed by atoms with Gasteiger partial charge in [-0.05, 0) is 31.7 Å². The molecule has 0 fully saturated rings. The van der Waals surface area contributed by atoms with Crippen LogP contribution in [-0.2, 0) is 11.3 Å². The molecular formula is C13H20N2O3S. The van der Waals surface area contributed by atoms with Crippen LogP contribution in [0.5, 0.6) is 0 Å². The van der Waals surface area contributed by atoms with Crippen LogP contribution >= 0.6 is 11.3 Å². The van der Waals surface area contributed by atoms with E-state index in [-0.39, 0.29) is 12.5 Å². The molecule has 0 atom stereocenters. The molecule has 0 aliphatic heterocycles. The van der Waals surface area contributed by atoms with E-state index >= 15 is 0 Å². The summed E-state index contributed by atoms with van der Waals surface area (Å²) < 4.78 is 0. The number of carboxylic acid groups (broad SMARTS) is 1. The summed E-state index contributed by atoms with van der Waals surface area (Å²) in [6.45, 7) is 4.21. The van der Waals surface area contributed by atoms with E-state index in [1.54, 1.807) is 23.3 Å². The maximum atomic E-state index is 12.0. The molecule has 0 aromatic carbocycles. The third-order valence-corrected chi connectivity index (χ3v) is 3.59. The van der Waals surface area contributed by atoms with Crippen molar-refractivity contribution in [3.8, 4) is 0 Å². The number of amides is 2. The largest absolute Gasteiger partial charge is 0.481 e. The van der Waals surface area contributed by atoms with Crippen molar-refractivity contribution in [1.82, 2.24) is 10.2 Å². The van der Waals surface area contributed by atoms with Crippen LogP contribution in [0.15, 0.2) is 17.5 Å². The molecule has 106 valence electrons. The summed E-state index contributed by atoms with van der Waals surface area (Å²) in [6, 6.07) is 3.73. The Balaban J connectivity index is 2.46. The van der Waals surface area contributed by atoms with Gasteiger partial charge in [-0.25, -0.2) is 4.79 Å². The first-order chi connectivity index (χ1) is 8.80. The van der Waals surface area contributed by atoms with E-state index in [9.17, 15) is 9.59 Å². The maximum absolute atomic E-state index is 12.0. The predicted molar refractivity (Wildman–Crippen MR) is 75.3 cm³/mol. The Morgan fingerprint density at radius 1 is 1.47 bits per heavy atom. The molecule has 0 bridgehead atoms. The lowest BCUT2D eigenvalue weighted by molar-refractivity contribution is -0.137. The van der Waals surface area contributed by atoms with Gasteiger partial charge >= 0.3 is 12.0 Å². The molecule has 6 heteroatoms. The van der Waals surface area contributed by atoms with E-state index in [0.717, 1.165) is 4.88 Å². The fourth-order valence-electron chi connectivity index (χ4n) is 1.57. The molecule has 19 heavy (non-hydrogen) atoms. The molecule has 1 aromatic rings. The Hall–Kier alpha value is -1.56. The zero-order valence-electron chi connectivity index (χ0n) is 11.5. The summed E-state index contributed by atoms with van der Waals surface area (Å²) in [5, 5.41) is 13.5. The van der Waals surface area contributed by atoms with Crippen LogP contribution in [0.25, 0.3) is 0 Å². The van der Waals surface area contributed by atoms with Gasteiger partial charge in [0.2, 0.25) is 0 Å². The van der Waals surface area contributed by atoms with E-state index in [2.05, 4.69) is 5.32 Å². The molecular weight excluding hydrogens is 264 g/mol. The molecule has 1 aromatic heterocycles. The number of hydrogen-bond acceptors (Lipinski definition) is 3. The minimum Gasteiger partial charge on any atom is -0.481 e. The van der Waals surface area contributed by atoms with Crippen molar-refractivity contribution < 1.29 is 14.7 Å². The first kappa shape index (κ1) is 15.5. The number of nitrogens with zero attached hydrogens (tertiary/aromatic N) is 1. The van der Waals surface area contributed by atoms with Gasteiger partial charge in [0, 0.05) is 23.9 Å². The summed E-state index contributed by atoms with van der Waals surface area (Å²) in [6.07, 6.45) is 0.447. The number of aliphatic carboxylic acids is 1. The van der Waals surface area contributed by atoms with Gasteiger partial charge in [-0.3, -0.25) is 4.79 Å². The van der Waals surface area contributed by atoms with Gasteiger partial charge in [0.25, 0.3) is 0 Å². The highest BCUT2D eigenvalue weighted by molar-refractivity contribution is 7.09. The normalized spacial score (nSPS) is 11.1.